The van der Waals surface area contributed by atoms with Gasteiger partial charge in [0.25, 0.3) is 5.91 Å². The van der Waals surface area contributed by atoms with Gasteiger partial charge in [0.2, 0.25) is 10.0 Å². The van der Waals surface area contributed by atoms with E-state index in [2.05, 4.69) is 4.72 Å². The summed E-state index contributed by atoms with van der Waals surface area (Å²) < 4.78 is 63.9. The summed E-state index contributed by atoms with van der Waals surface area (Å²) in [7, 11) is -3.83. The fraction of sp³-hybridized carbons (Fsp3) is 0.562. The Labute approximate surface area is 150 Å². The third kappa shape index (κ3) is 5.68. The number of nitrogens with one attached hydrogen (secondary N) is 2. The summed E-state index contributed by atoms with van der Waals surface area (Å²) in [6.07, 6.45) is -0.582. The van der Waals surface area contributed by atoms with Crippen LogP contribution in [0.1, 0.15) is 36.0 Å². The molecule has 1 aromatic rings. The molecule has 1 amide bonds. The molecule has 0 radical (unpaired) electrons. The molecule has 0 bridgehead atoms. The molecule has 2 rings (SSSR count). The molecule has 1 unspecified atom stereocenters. The van der Waals surface area contributed by atoms with Crippen molar-refractivity contribution in [3.63, 3.8) is 0 Å². The molecule has 6 nitrogen and oxygen atoms in total. The number of halogens is 3. The molecule has 1 atom stereocenters. The smallest absolute Gasteiger partial charge is 0.343 e. The molecule has 26 heavy (non-hydrogen) atoms. The Morgan fingerprint density at radius 2 is 1.77 bits per heavy atom. The molecule has 0 spiro atoms. The van der Waals surface area contributed by atoms with Crippen molar-refractivity contribution in [1.29, 1.82) is 0 Å². The lowest BCUT2D eigenvalue weighted by Crippen LogP contribution is -2.44. The quantitative estimate of drug-likeness (QED) is 0.657. The van der Waals surface area contributed by atoms with Crippen LogP contribution >= 0.6 is 0 Å². The topological polar surface area (TPSA) is 101 Å². The maximum Gasteiger partial charge on any atom is 0.405 e. The van der Waals surface area contributed by atoms with Crippen molar-refractivity contribution in [2.24, 2.45) is 11.7 Å². The van der Waals surface area contributed by atoms with Crippen LogP contribution in [-0.2, 0) is 10.0 Å². The standard InChI is InChI=1S/C16H22F3N3O3S/c17-16(18,19)10-21-15(23)12-5-7-13(8-6-12)26(24,25)22-14(9-20)11-3-1-2-4-11/h5-8,11,14,22H,1-4,9-10,20H2,(H,21,23). The molecule has 0 saturated heterocycles. The molecule has 1 aliphatic rings. The van der Waals surface area contributed by atoms with E-state index in [1.165, 1.54) is 24.3 Å². The molecule has 0 aliphatic heterocycles. The molecule has 4 N–H and O–H groups in total. The highest BCUT2D eigenvalue weighted by Crippen LogP contribution is 2.28. The molecular weight excluding hydrogens is 371 g/mol. The molecule has 1 saturated carbocycles. The van der Waals surface area contributed by atoms with Crippen LogP contribution in [-0.4, -0.2) is 39.6 Å². The number of carbonyl (C=O) groups excluding carboxylic acids is 1. The highest BCUT2D eigenvalue weighted by atomic mass is 32.2. The first-order valence-electron chi connectivity index (χ1n) is 8.30. The lowest BCUT2D eigenvalue weighted by Gasteiger charge is -2.23. The Kier molecular flexibility index (Phi) is 6.64. The zero-order valence-electron chi connectivity index (χ0n) is 14.1. The van der Waals surface area contributed by atoms with Gasteiger partial charge in [-0.05, 0) is 43.0 Å². The highest BCUT2D eigenvalue weighted by Gasteiger charge is 2.29. The third-order valence-corrected chi connectivity index (χ3v) is 5.91. The van der Waals surface area contributed by atoms with E-state index in [-0.39, 0.29) is 29.0 Å². The molecule has 0 aromatic heterocycles. The second-order valence-corrected chi connectivity index (χ2v) is 8.04. The Morgan fingerprint density at radius 1 is 1.19 bits per heavy atom. The molecular formula is C16H22F3N3O3S. The van der Waals surface area contributed by atoms with Gasteiger partial charge in [-0.1, -0.05) is 12.8 Å². The lowest BCUT2D eigenvalue weighted by atomic mass is 9.99. The highest BCUT2D eigenvalue weighted by molar-refractivity contribution is 7.89. The Balaban J connectivity index is 2.04. The largest absolute Gasteiger partial charge is 0.405 e. The van der Waals surface area contributed by atoms with E-state index in [0.717, 1.165) is 25.7 Å². The van der Waals surface area contributed by atoms with Gasteiger partial charge in [0.1, 0.15) is 6.54 Å². The van der Waals surface area contributed by atoms with Crippen molar-refractivity contribution in [3.05, 3.63) is 29.8 Å². The van der Waals surface area contributed by atoms with Gasteiger partial charge in [0, 0.05) is 18.2 Å². The summed E-state index contributed by atoms with van der Waals surface area (Å²) in [5.41, 5.74) is 5.64. The first kappa shape index (κ1) is 20.7. The molecule has 1 fully saturated rings. The van der Waals surface area contributed by atoms with Gasteiger partial charge in [-0.25, -0.2) is 13.1 Å². The van der Waals surface area contributed by atoms with Crippen LogP contribution in [0.4, 0.5) is 13.2 Å². The Bertz CT molecular complexity index is 714. The number of hydrogen-bond donors (Lipinski definition) is 3. The van der Waals surface area contributed by atoms with Crippen molar-refractivity contribution in [2.75, 3.05) is 13.1 Å². The van der Waals surface area contributed by atoms with Crippen LogP contribution in [0.5, 0.6) is 0 Å². The predicted octanol–water partition coefficient (Wildman–Crippen LogP) is 1.77. The van der Waals surface area contributed by atoms with Crippen molar-refractivity contribution in [1.82, 2.24) is 10.0 Å². The Morgan fingerprint density at radius 3 is 2.27 bits per heavy atom. The van der Waals surface area contributed by atoms with Crippen LogP contribution < -0.4 is 15.8 Å². The minimum absolute atomic E-state index is 0.0561. The van der Waals surface area contributed by atoms with Gasteiger partial charge in [-0.15, -0.1) is 0 Å². The summed E-state index contributed by atoms with van der Waals surface area (Å²) in [6, 6.07) is 4.36. The summed E-state index contributed by atoms with van der Waals surface area (Å²) in [4.78, 5) is 11.6. The second kappa shape index (κ2) is 8.36. The molecule has 0 heterocycles. The maximum atomic E-state index is 12.5. The predicted molar refractivity (Wildman–Crippen MR) is 90.0 cm³/mol. The summed E-state index contributed by atoms with van der Waals surface area (Å²) in [5.74, 6) is -0.729. The number of hydrogen-bond acceptors (Lipinski definition) is 4. The van der Waals surface area contributed by atoms with Crippen LogP contribution in [0.25, 0.3) is 0 Å². The normalized spacial score (nSPS) is 17.2. The van der Waals surface area contributed by atoms with Gasteiger partial charge in [-0.2, -0.15) is 13.2 Å². The number of benzene rings is 1. The summed E-state index contributed by atoms with van der Waals surface area (Å²) in [6.45, 7) is -1.27. The van der Waals surface area contributed by atoms with E-state index in [0.29, 0.717) is 0 Å². The van der Waals surface area contributed by atoms with Crippen molar-refractivity contribution in [2.45, 2.75) is 42.8 Å². The first-order chi connectivity index (χ1) is 12.1. The number of carbonyl (C=O) groups is 1. The van der Waals surface area contributed by atoms with Crippen LogP contribution in [0, 0.1) is 5.92 Å². The van der Waals surface area contributed by atoms with E-state index in [1.807, 2.05) is 0 Å². The molecule has 1 aliphatic carbocycles. The van der Waals surface area contributed by atoms with Gasteiger partial charge in [0.05, 0.1) is 4.90 Å². The third-order valence-electron chi connectivity index (χ3n) is 4.41. The van der Waals surface area contributed by atoms with Gasteiger partial charge >= 0.3 is 6.18 Å². The van der Waals surface area contributed by atoms with Gasteiger partial charge in [0.15, 0.2) is 0 Å². The van der Waals surface area contributed by atoms with E-state index in [4.69, 9.17) is 5.73 Å². The minimum Gasteiger partial charge on any atom is -0.343 e. The SMILES string of the molecule is NCC(NS(=O)(=O)c1ccc(C(=O)NCC(F)(F)F)cc1)C1CCCC1. The summed E-state index contributed by atoms with van der Waals surface area (Å²) >= 11 is 0. The average Bonchev–Trinajstić information content (AvgIpc) is 3.11. The number of amides is 1. The van der Waals surface area contributed by atoms with Crippen molar-refractivity contribution in [3.8, 4) is 0 Å². The molecule has 146 valence electrons. The maximum absolute atomic E-state index is 12.5. The number of nitrogens with two attached hydrogens (primary N) is 1. The van der Waals surface area contributed by atoms with Crippen LogP contribution in [0.3, 0.4) is 0 Å². The monoisotopic (exact) mass is 393 g/mol. The van der Waals surface area contributed by atoms with Crippen LogP contribution in [0.2, 0.25) is 0 Å². The van der Waals surface area contributed by atoms with Gasteiger partial charge in [-0.3, -0.25) is 4.79 Å². The van der Waals surface area contributed by atoms with Gasteiger partial charge < -0.3 is 11.1 Å². The van der Waals surface area contributed by atoms with Crippen LogP contribution in [0.15, 0.2) is 29.2 Å². The minimum atomic E-state index is -4.51. The van der Waals surface area contributed by atoms with Crippen molar-refractivity contribution < 1.29 is 26.4 Å². The fourth-order valence-electron chi connectivity index (χ4n) is 3.03. The Hall–Kier alpha value is -1.65. The summed E-state index contributed by atoms with van der Waals surface area (Å²) in [5, 5.41) is 1.73. The lowest BCUT2D eigenvalue weighted by molar-refractivity contribution is -0.123. The number of alkyl halides is 3. The number of rotatable bonds is 7. The zero-order chi connectivity index (χ0) is 19.4. The first-order valence-corrected chi connectivity index (χ1v) is 9.78. The van der Waals surface area contributed by atoms with E-state index in [9.17, 15) is 26.4 Å². The number of sulfonamides is 1. The fourth-order valence-corrected chi connectivity index (χ4v) is 4.35. The average molecular weight is 393 g/mol. The van der Waals surface area contributed by atoms with E-state index >= 15 is 0 Å². The molecule has 1 aromatic carbocycles. The molecule has 10 heteroatoms. The zero-order valence-corrected chi connectivity index (χ0v) is 14.9. The second-order valence-electron chi connectivity index (χ2n) is 6.33. The van der Waals surface area contributed by atoms with E-state index in [1.54, 1.807) is 5.32 Å². The van der Waals surface area contributed by atoms with Crippen molar-refractivity contribution >= 4 is 15.9 Å². The van der Waals surface area contributed by atoms with E-state index < -0.39 is 28.7 Å².